The van der Waals surface area contributed by atoms with Crippen LogP contribution in [0.15, 0.2) is 71.8 Å². The minimum atomic E-state index is -3.79. The number of benzene rings is 2. The van der Waals surface area contributed by atoms with Crippen molar-refractivity contribution >= 4 is 15.5 Å². The number of nitrogens with two attached hydrogens (primary N) is 1. The molecule has 0 fully saturated rings. The number of nitrogens with zero attached hydrogens (tertiary/aromatic N) is 2. The van der Waals surface area contributed by atoms with Gasteiger partial charge in [0.15, 0.2) is 11.6 Å². The Morgan fingerprint density at radius 2 is 1.75 bits per heavy atom. The van der Waals surface area contributed by atoms with Crippen molar-refractivity contribution in [1.82, 2.24) is 9.61 Å². The second-order valence-electron chi connectivity index (χ2n) is 6.17. The number of sulfonamides is 1. The summed E-state index contributed by atoms with van der Waals surface area (Å²) >= 11 is 0. The first-order valence-corrected chi connectivity index (χ1v) is 9.87. The van der Waals surface area contributed by atoms with Crippen molar-refractivity contribution in [2.75, 3.05) is 7.11 Å². The summed E-state index contributed by atoms with van der Waals surface area (Å²) in [6, 6.07) is 16.4. The lowest BCUT2D eigenvalue weighted by Gasteiger charge is -2.07. The number of rotatable bonds is 4. The van der Waals surface area contributed by atoms with Crippen LogP contribution in [-0.2, 0) is 10.0 Å². The number of fused-ring (bicyclic) bond motifs is 1. The van der Waals surface area contributed by atoms with Gasteiger partial charge in [0.2, 0.25) is 10.0 Å². The van der Waals surface area contributed by atoms with Crippen molar-refractivity contribution in [1.29, 1.82) is 0 Å². The first-order chi connectivity index (χ1) is 13.4. The highest BCUT2D eigenvalue weighted by molar-refractivity contribution is 7.89. The van der Waals surface area contributed by atoms with Gasteiger partial charge in [-0.2, -0.15) is 5.10 Å². The highest BCUT2D eigenvalue weighted by Gasteiger charge is 2.18. The van der Waals surface area contributed by atoms with E-state index in [4.69, 9.17) is 9.88 Å². The van der Waals surface area contributed by atoms with Crippen LogP contribution in [0.25, 0.3) is 27.9 Å². The zero-order valence-electron chi connectivity index (χ0n) is 14.8. The minimum absolute atomic E-state index is 0.0183. The minimum Gasteiger partial charge on any atom is -0.494 e. The SMILES string of the molecule is COc1ccc(-c2nn3ccccc3c2-c2ccc(S(N)(=O)=O)cc2)cc1F. The van der Waals surface area contributed by atoms with Crippen LogP contribution in [0.2, 0.25) is 0 Å². The molecule has 0 unspecified atom stereocenters. The Labute approximate surface area is 161 Å². The fraction of sp³-hybridized carbons (Fsp3) is 0.0500. The summed E-state index contributed by atoms with van der Waals surface area (Å²) < 4.78 is 44.0. The Hall–Kier alpha value is -3.23. The number of methoxy groups -OCH3 is 1. The second-order valence-corrected chi connectivity index (χ2v) is 7.73. The van der Waals surface area contributed by atoms with Gasteiger partial charge < -0.3 is 4.74 Å². The molecule has 0 radical (unpaired) electrons. The van der Waals surface area contributed by atoms with Gasteiger partial charge in [-0.25, -0.2) is 22.5 Å². The summed E-state index contributed by atoms with van der Waals surface area (Å²) in [6.07, 6.45) is 1.79. The monoisotopic (exact) mass is 397 g/mol. The Morgan fingerprint density at radius 1 is 1.04 bits per heavy atom. The van der Waals surface area contributed by atoms with Gasteiger partial charge in [0.25, 0.3) is 0 Å². The van der Waals surface area contributed by atoms with E-state index in [0.29, 0.717) is 11.3 Å². The third-order valence-corrected chi connectivity index (χ3v) is 5.37. The quantitative estimate of drug-likeness (QED) is 0.571. The molecule has 0 atom stereocenters. The van der Waals surface area contributed by atoms with Gasteiger partial charge in [-0.1, -0.05) is 18.2 Å². The average Bonchev–Trinajstić information content (AvgIpc) is 3.07. The fourth-order valence-corrected chi connectivity index (χ4v) is 3.63. The molecule has 2 aromatic carbocycles. The maximum absolute atomic E-state index is 14.3. The molecular formula is C20H16FN3O3S. The third-order valence-electron chi connectivity index (χ3n) is 4.44. The van der Waals surface area contributed by atoms with E-state index in [0.717, 1.165) is 16.6 Å². The van der Waals surface area contributed by atoms with Crippen molar-refractivity contribution in [3.63, 3.8) is 0 Å². The molecule has 2 N–H and O–H groups in total. The summed E-state index contributed by atoms with van der Waals surface area (Å²) in [5, 5.41) is 9.78. The van der Waals surface area contributed by atoms with Crippen LogP contribution in [0.1, 0.15) is 0 Å². The van der Waals surface area contributed by atoms with Crippen LogP contribution >= 0.6 is 0 Å². The summed E-state index contributed by atoms with van der Waals surface area (Å²) in [6.45, 7) is 0. The van der Waals surface area contributed by atoms with Crippen molar-refractivity contribution in [2.24, 2.45) is 5.14 Å². The molecule has 0 saturated heterocycles. The van der Waals surface area contributed by atoms with E-state index in [1.165, 1.54) is 25.3 Å². The summed E-state index contributed by atoms with van der Waals surface area (Å²) in [7, 11) is -2.39. The molecule has 28 heavy (non-hydrogen) atoms. The zero-order chi connectivity index (χ0) is 19.9. The van der Waals surface area contributed by atoms with E-state index < -0.39 is 15.8 Å². The lowest BCUT2D eigenvalue weighted by atomic mass is 9.99. The molecule has 0 saturated carbocycles. The smallest absolute Gasteiger partial charge is 0.238 e. The molecule has 2 aromatic heterocycles. The molecule has 0 aliphatic rings. The maximum Gasteiger partial charge on any atom is 0.238 e. The first-order valence-electron chi connectivity index (χ1n) is 8.33. The highest BCUT2D eigenvalue weighted by atomic mass is 32.2. The van der Waals surface area contributed by atoms with Crippen LogP contribution in [0, 0.1) is 5.82 Å². The Bertz CT molecular complexity index is 1280. The third kappa shape index (κ3) is 3.12. The van der Waals surface area contributed by atoms with E-state index in [-0.39, 0.29) is 10.6 Å². The number of ether oxygens (including phenoxy) is 1. The summed E-state index contributed by atoms with van der Waals surface area (Å²) in [4.78, 5) is 0.0183. The molecule has 142 valence electrons. The fourth-order valence-electron chi connectivity index (χ4n) is 3.11. The lowest BCUT2D eigenvalue weighted by molar-refractivity contribution is 0.386. The average molecular weight is 397 g/mol. The Balaban J connectivity index is 1.95. The van der Waals surface area contributed by atoms with Gasteiger partial charge in [0, 0.05) is 17.3 Å². The number of aromatic nitrogens is 2. The van der Waals surface area contributed by atoms with Crippen LogP contribution in [0.3, 0.4) is 0 Å². The molecule has 0 aliphatic carbocycles. The van der Waals surface area contributed by atoms with Gasteiger partial charge in [0.05, 0.1) is 17.5 Å². The maximum atomic E-state index is 14.3. The van der Waals surface area contributed by atoms with Crippen molar-refractivity contribution in [3.8, 4) is 28.1 Å². The molecule has 2 heterocycles. The van der Waals surface area contributed by atoms with Gasteiger partial charge in [-0.3, -0.25) is 0 Å². The van der Waals surface area contributed by atoms with E-state index >= 15 is 0 Å². The van der Waals surface area contributed by atoms with Gasteiger partial charge in [-0.15, -0.1) is 0 Å². The van der Waals surface area contributed by atoms with E-state index in [1.54, 1.807) is 35.0 Å². The normalized spacial score (nSPS) is 11.7. The Morgan fingerprint density at radius 3 is 2.39 bits per heavy atom. The molecule has 6 nitrogen and oxygen atoms in total. The molecule has 8 heteroatoms. The molecule has 4 aromatic rings. The van der Waals surface area contributed by atoms with Crippen LogP contribution < -0.4 is 9.88 Å². The van der Waals surface area contributed by atoms with E-state index in [1.807, 2.05) is 18.2 Å². The Kier molecular flexibility index (Phi) is 4.37. The molecule has 0 amide bonds. The first kappa shape index (κ1) is 18.1. The van der Waals surface area contributed by atoms with E-state index in [2.05, 4.69) is 5.10 Å². The van der Waals surface area contributed by atoms with Crippen molar-refractivity contribution in [3.05, 3.63) is 72.7 Å². The molecule has 4 rings (SSSR count). The topological polar surface area (TPSA) is 86.7 Å². The zero-order valence-corrected chi connectivity index (χ0v) is 15.7. The van der Waals surface area contributed by atoms with E-state index in [9.17, 15) is 12.8 Å². The largest absolute Gasteiger partial charge is 0.494 e. The summed E-state index contributed by atoms with van der Waals surface area (Å²) in [5.41, 5.74) is 3.44. The number of primary sulfonamides is 1. The van der Waals surface area contributed by atoms with Gasteiger partial charge in [-0.05, 0) is 48.0 Å². The lowest BCUT2D eigenvalue weighted by Crippen LogP contribution is -2.11. The molecular weight excluding hydrogens is 381 g/mol. The van der Waals surface area contributed by atoms with Crippen molar-refractivity contribution < 1.29 is 17.5 Å². The summed E-state index contributed by atoms with van der Waals surface area (Å²) in [5.74, 6) is -0.348. The number of hydrogen-bond donors (Lipinski definition) is 1. The van der Waals surface area contributed by atoms with Gasteiger partial charge in [0.1, 0.15) is 5.69 Å². The van der Waals surface area contributed by atoms with Crippen molar-refractivity contribution in [2.45, 2.75) is 4.90 Å². The standard InChI is InChI=1S/C20H16FN3O3S/c1-27-18-10-7-14(12-16(18)21)20-19(17-4-2-3-11-24(17)23-20)13-5-8-15(9-6-13)28(22,25)26/h2-12H,1H3,(H2,22,25,26). The number of halogens is 1. The molecule has 0 spiro atoms. The molecule has 0 bridgehead atoms. The predicted octanol–water partition coefficient (Wildman–Crippen LogP) is 3.46. The number of pyridine rings is 1. The second kappa shape index (κ2) is 6.74. The van der Waals surface area contributed by atoms with Crippen LogP contribution in [-0.4, -0.2) is 25.1 Å². The predicted molar refractivity (Wildman–Crippen MR) is 104 cm³/mol. The van der Waals surface area contributed by atoms with Crippen LogP contribution in [0.5, 0.6) is 5.75 Å². The highest BCUT2D eigenvalue weighted by Crippen LogP contribution is 2.36. The molecule has 0 aliphatic heterocycles. The van der Waals surface area contributed by atoms with Crippen LogP contribution in [0.4, 0.5) is 4.39 Å². The number of hydrogen-bond acceptors (Lipinski definition) is 4. The van der Waals surface area contributed by atoms with Gasteiger partial charge >= 0.3 is 0 Å².